The van der Waals surface area contributed by atoms with Gasteiger partial charge in [0.15, 0.2) is 0 Å². The van der Waals surface area contributed by atoms with E-state index in [9.17, 15) is 27.3 Å². The summed E-state index contributed by atoms with van der Waals surface area (Å²) in [5.41, 5.74) is -0.125. The minimum atomic E-state index is -4.84. The zero-order chi connectivity index (χ0) is 16.1. The minimum absolute atomic E-state index is 0.209. The van der Waals surface area contributed by atoms with E-state index in [2.05, 4.69) is 0 Å². The van der Waals surface area contributed by atoms with Crippen molar-refractivity contribution in [1.29, 1.82) is 0 Å². The van der Waals surface area contributed by atoms with Crippen molar-refractivity contribution in [1.82, 2.24) is 0 Å². The number of nitro benzene ring substituents is 1. The topological polar surface area (TPSA) is 80.5 Å². The molecule has 2 bridgehead atoms. The molecule has 22 heavy (non-hydrogen) atoms. The van der Waals surface area contributed by atoms with E-state index in [0.717, 1.165) is 31.4 Å². The van der Waals surface area contributed by atoms with Crippen LogP contribution < -0.4 is 4.90 Å². The normalized spacial score (nSPS) is 24.2. The van der Waals surface area contributed by atoms with Crippen molar-refractivity contribution in [3.63, 3.8) is 0 Å². The molecule has 1 saturated heterocycles. The molecule has 9 heteroatoms. The molecule has 1 aliphatic carbocycles. The number of anilines is 1. The van der Waals surface area contributed by atoms with Crippen LogP contribution in [-0.4, -0.2) is 31.7 Å². The van der Waals surface area contributed by atoms with Crippen molar-refractivity contribution in [2.75, 3.05) is 11.4 Å². The van der Waals surface area contributed by atoms with Gasteiger partial charge in [-0.2, -0.15) is 8.78 Å². The number of hydrogen-bond donors (Lipinski definition) is 0. The molecule has 2 aliphatic rings. The number of sulfone groups is 1. The Morgan fingerprint density at radius 1 is 1.32 bits per heavy atom. The summed E-state index contributed by atoms with van der Waals surface area (Å²) in [7, 11) is -4.84. The molecule has 0 N–H and O–H groups in total. The summed E-state index contributed by atoms with van der Waals surface area (Å²) in [5.74, 6) is -3.10. The molecule has 6 nitrogen and oxygen atoms in total. The summed E-state index contributed by atoms with van der Waals surface area (Å²) in [6.45, 7) is 0.687. The number of fused-ring (bicyclic) bond motifs is 2. The summed E-state index contributed by atoms with van der Waals surface area (Å²) in [5, 5.41) is 11.2. The predicted molar refractivity (Wildman–Crippen MR) is 74.8 cm³/mol. The van der Waals surface area contributed by atoms with Crippen molar-refractivity contribution < 1.29 is 22.1 Å². The largest absolute Gasteiger partial charge is 0.363 e. The average Bonchev–Trinajstić information content (AvgIpc) is 3.08. The fraction of sp³-hybridized carbons (Fsp3) is 0.538. The Hall–Kier alpha value is -1.77. The van der Waals surface area contributed by atoms with E-state index in [1.54, 1.807) is 0 Å². The molecule has 2 fully saturated rings. The van der Waals surface area contributed by atoms with Gasteiger partial charge >= 0.3 is 5.76 Å². The van der Waals surface area contributed by atoms with Gasteiger partial charge in [-0.3, -0.25) is 10.1 Å². The molecule has 2 atom stereocenters. The summed E-state index contributed by atoms with van der Waals surface area (Å²) in [4.78, 5) is 11.7. The third-order valence-electron chi connectivity index (χ3n) is 4.43. The van der Waals surface area contributed by atoms with Crippen molar-refractivity contribution >= 4 is 21.2 Å². The van der Waals surface area contributed by atoms with Crippen molar-refractivity contribution in [2.24, 2.45) is 5.92 Å². The second-order valence-electron chi connectivity index (χ2n) is 5.70. The van der Waals surface area contributed by atoms with Gasteiger partial charge in [0.25, 0.3) is 5.69 Å². The third-order valence-corrected chi connectivity index (χ3v) is 5.81. The number of nitro groups is 1. The van der Waals surface area contributed by atoms with Gasteiger partial charge < -0.3 is 4.90 Å². The molecule has 1 aromatic rings. The Bertz CT molecular complexity index is 723. The first-order chi connectivity index (χ1) is 10.3. The second-order valence-corrected chi connectivity index (χ2v) is 7.62. The Morgan fingerprint density at radius 2 is 2.05 bits per heavy atom. The highest BCUT2D eigenvalue weighted by Crippen LogP contribution is 2.43. The first-order valence-electron chi connectivity index (χ1n) is 6.88. The Balaban J connectivity index is 2.04. The van der Waals surface area contributed by atoms with Crippen LogP contribution in [0.1, 0.15) is 19.3 Å². The number of benzene rings is 1. The molecule has 0 radical (unpaired) electrons. The van der Waals surface area contributed by atoms with Crippen LogP contribution in [0.4, 0.5) is 20.2 Å². The zero-order valence-corrected chi connectivity index (χ0v) is 12.3. The average molecular weight is 332 g/mol. The summed E-state index contributed by atoms with van der Waals surface area (Å²) < 4.78 is 48.1. The van der Waals surface area contributed by atoms with Crippen LogP contribution in [0.3, 0.4) is 0 Å². The summed E-state index contributed by atoms with van der Waals surface area (Å²) >= 11 is 0. The van der Waals surface area contributed by atoms with Gasteiger partial charge in [0, 0.05) is 18.7 Å². The van der Waals surface area contributed by atoms with E-state index in [0.29, 0.717) is 18.2 Å². The highest BCUT2D eigenvalue weighted by molar-refractivity contribution is 7.91. The minimum Gasteiger partial charge on any atom is -0.363 e. The van der Waals surface area contributed by atoms with Crippen LogP contribution in [0, 0.1) is 16.0 Å². The van der Waals surface area contributed by atoms with Crippen molar-refractivity contribution in [3.8, 4) is 0 Å². The Kier molecular flexibility index (Phi) is 3.54. The zero-order valence-electron chi connectivity index (χ0n) is 11.5. The second kappa shape index (κ2) is 5.15. The number of alkyl halides is 2. The maximum atomic E-state index is 12.6. The fourth-order valence-electron chi connectivity index (χ4n) is 3.39. The lowest BCUT2D eigenvalue weighted by atomic mass is 10.1. The number of nitrogens with zero attached hydrogens (tertiary/aromatic N) is 2. The van der Waals surface area contributed by atoms with E-state index in [1.807, 2.05) is 4.90 Å². The maximum Gasteiger partial charge on any atom is 0.341 e. The lowest BCUT2D eigenvalue weighted by molar-refractivity contribution is -0.384. The van der Waals surface area contributed by atoms with E-state index in [1.165, 1.54) is 6.07 Å². The lowest BCUT2D eigenvalue weighted by Gasteiger charge is -2.28. The SMILES string of the molecule is O=[N+]([O-])c1cc(S(=O)(=O)C(F)F)ccc1N1CC2CCC1C2. The van der Waals surface area contributed by atoms with Gasteiger partial charge in [-0.05, 0) is 37.3 Å². The van der Waals surface area contributed by atoms with Crippen LogP contribution >= 0.6 is 0 Å². The van der Waals surface area contributed by atoms with Crippen LogP contribution in [-0.2, 0) is 9.84 Å². The van der Waals surface area contributed by atoms with Gasteiger partial charge in [0.05, 0.1) is 9.82 Å². The number of rotatable bonds is 4. The summed E-state index contributed by atoms with van der Waals surface area (Å²) in [6, 6.07) is 3.24. The molecule has 3 rings (SSSR count). The molecule has 0 amide bonds. The monoisotopic (exact) mass is 332 g/mol. The van der Waals surface area contributed by atoms with E-state index >= 15 is 0 Å². The molecular formula is C13H14F2N2O4S. The van der Waals surface area contributed by atoms with Gasteiger partial charge in [0.1, 0.15) is 5.69 Å². The highest BCUT2D eigenvalue weighted by Gasteiger charge is 2.40. The number of piperidine rings is 1. The highest BCUT2D eigenvalue weighted by atomic mass is 32.2. The lowest BCUT2D eigenvalue weighted by Crippen LogP contribution is -2.32. The van der Waals surface area contributed by atoms with Gasteiger partial charge in [-0.25, -0.2) is 8.42 Å². The third kappa shape index (κ3) is 2.33. The van der Waals surface area contributed by atoms with Crippen LogP contribution in [0.5, 0.6) is 0 Å². The van der Waals surface area contributed by atoms with E-state index in [-0.39, 0.29) is 6.04 Å². The molecule has 120 valence electrons. The quantitative estimate of drug-likeness (QED) is 0.625. The van der Waals surface area contributed by atoms with Crippen LogP contribution in [0.25, 0.3) is 0 Å². The first-order valence-corrected chi connectivity index (χ1v) is 8.42. The maximum absolute atomic E-state index is 12.6. The first kappa shape index (κ1) is 15.1. The molecule has 1 aliphatic heterocycles. The predicted octanol–water partition coefficient (Wildman–Crippen LogP) is 2.58. The number of hydrogen-bond acceptors (Lipinski definition) is 5. The Labute approximate surface area is 125 Å². The number of halogens is 2. The van der Waals surface area contributed by atoms with Crippen LogP contribution in [0.2, 0.25) is 0 Å². The standard InChI is InChI=1S/C13H14F2N2O4S/c14-13(15)22(20,21)10-3-4-11(12(6-10)17(18)19)16-7-8-1-2-9(16)5-8/h3-4,6,8-9,13H,1-2,5,7H2. The van der Waals surface area contributed by atoms with E-state index in [4.69, 9.17) is 0 Å². The molecule has 1 heterocycles. The Morgan fingerprint density at radius 3 is 2.55 bits per heavy atom. The smallest absolute Gasteiger partial charge is 0.341 e. The fourth-order valence-corrected chi connectivity index (χ4v) is 4.13. The molecular weight excluding hydrogens is 318 g/mol. The van der Waals surface area contributed by atoms with Crippen molar-refractivity contribution in [3.05, 3.63) is 28.3 Å². The molecule has 2 unspecified atom stereocenters. The molecule has 0 spiro atoms. The summed E-state index contributed by atoms with van der Waals surface area (Å²) in [6.07, 6.45) is 3.00. The molecule has 1 saturated carbocycles. The molecule has 1 aromatic carbocycles. The van der Waals surface area contributed by atoms with Gasteiger partial charge in [-0.15, -0.1) is 0 Å². The van der Waals surface area contributed by atoms with Crippen LogP contribution in [0.15, 0.2) is 23.1 Å². The van der Waals surface area contributed by atoms with E-state index < -0.39 is 31.1 Å². The van der Waals surface area contributed by atoms with Crippen molar-refractivity contribution in [2.45, 2.75) is 36.0 Å². The molecule has 0 aromatic heterocycles. The van der Waals surface area contributed by atoms with Gasteiger partial charge in [-0.1, -0.05) is 0 Å². The van der Waals surface area contributed by atoms with Gasteiger partial charge in [0.2, 0.25) is 9.84 Å².